The molecule has 0 aromatic heterocycles. The van der Waals surface area contributed by atoms with E-state index >= 15 is 0 Å². The van der Waals surface area contributed by atoms with E-state index in [9.17, 15) is 33.2 Å². The molecule has 1 amide bonds. The van der Waals surface area contributed by atoms with E-state index in [2.05, 4.69) is 5.10 Å². The molecule has 2 unspecified atom stereocenters. The van der Waals surface area contributed by atoms with Crippen LogP contribution >= 0.6 is 0 Å². The zero-order chi connectivity index (χ0) is 19.0. The molecule has 7 nitrogen and oxygen atoms in total. The number of non-ortho nitro benzene ring substituents is 1. The number of aliphatic hydroxyl groups is 1. The summed E-state index contributed by atoms with van der Waals surface area (Å²) in [4.78, 5) is 22.4. The second-order valence-corrected chi connectivity index (χ2v) is 5.81. The monoisotopic (exact) mass is 359 g/mol. The minimum absolute atomic E-state index is 0.0235. The lowest BCUT2D eigenvalue weighted by atomic mass is 9.95. The number of halogens is 3. The molecule has 2 rings (SSSR count). The third-order valence-corrected chi connectivity index (χ3v) is 4.16. The van der Waals surface area contributed by atoms with Crippen LogP contribution in [0.1, 0.15) is 37.0 Å². The van der Waals surface area contributed by atoms with E-state index in [0.29, 0.717) is 6.42 Å². The van der Waals surface area contributed by atoms with Crippen molar-refractivity contribution in [2.45, 2.75) is 38.6 Å². The number of rotatable bonds is 4. The Labute approximate surface area is 140 Å². The molecular formula is C15H16F3N3O4. The Morgan fingerprint density at radius 1 is 1.44 bits per heavy atom. The third-order valence-electron chi connectivity index (χ3n) is 4.16. The summed E-state index contributed by atoms with van der Waals surface area (Å²) in [5, 5.41) is 24.5. The van der Waals surface area contributed by atoms with Crippen molar-refractivity contribution in [1.82, 2.24) is 5.01 Å². The van der Waals surface area contributed by atoms with Gasteiger partial charge in [-0.1, -0.05) is 13.8 Å². The van der Waals surface area contributed by atoms with Crippen LogP contribution in [0.4, 0.5) is 18.9 Å². The van der Waals surface area contributed by atoms with Gasteiger partial charge in [0, 0.05) is 29.8 Å². The fraction of sp³-hybridized carbons (Fsp3) is 0.467. The van der Waals surface area contributed by atoms with Gasteiger partial charge in [-0.25, -0.2) is 0 Å². The smallest absolute Gasteiger partial charge is 0.362 e. The van der Waals surface area contributed by atoms with Gasteiger partial charge in [-0.3, -0.25) is 14.9 Å². The molecule has 1 aromatic carbocycles. The fourth-order valence-electron chi connectivity index (χ4n) is 2.36. The van der Waals surface area contributed by atoms with E-state index in [1.807, 2.05) is 0 Å². The van der Waals surface area contributed by atoms with Crippen LogP contribution in [0.25, 0.3) is 0 Å². The Bertz CT molecular complexity index is 718. The average Bonchev–Trinajstić information content (AvgIpc) is 2.92. The molecule has 1 N–H and O–H groups in total. The molecule has 1 heterocycles. The SMILES string of the molecule is CCC(C)C1=NN(C(=O)c2ccc([N+](=O)[O-])cc2)C(O)(C(F)(F)F)C1. The van der Waals surface area contributed by atoms with Crippen molar-refractivity contribution in [3.8, 4) is 0 Å². The third kappa shape index (κ3) is 3.34. The summed E-state index contributed by atoms with van der Waals surface area (Å²) in [6.07, 6.45) is -5.45. The zero-order valence-electron chi connectivity index (χ0n) is 13.4. The summed E-state index contributed by atoms with van der Waals surface area (Å²) >= 11 is 0. The lowest BCUT2D eigenvalue weighted by molar-refractivity contribution is -0.384. The standard InChI is InChI=1S/C15H16F3N3O4/c1-3-9(2)12-8-14(23,15(16,17)18)20(19-12)13(22)10-4-6-11(7-5-10)21(24)25/h4-7,9,23H,3,8H2,1-2H3. The number of hydrazone groups is 1. The van der Waals surface area contributed by atoms with E-state index in [1.54, 1.807) is 13.8 Å². The van der Waals surface area contributed by atoms with Crippen LogP contribution in [0.5, 0.6) is 0 Å². The van der Waals surface area contributed by atoms with E-state index < -0.39 is 29.2 Å². The predicted octanol–water partition coefficient (Wildman–Crippen LogP) is 3.09. The highest BCUT2D eigenvalue weighted by Crippen LogP contribution is 2.42. The molecular weight excluding hydrogens is 343 g/mol. The first-order chi connectivity index (χ1) is 11.5. The molecule has 0 fully saturated rings. The van der Waals surface area contributed by atoms with E-state index in [0.717, 1.165) is 24.3 Å². The Morgan fingerprint density at radius 2 is 2.00 bits per heavy atom. The van der Waals surface area contributed by atoms with E-state index in [-0.39, 0.29) is 27.9 Å². The van der Waals surface area contributed by atoms with Crippen LogP contribution in [0.15, 0.2) is 29.4 Å². The minimum atomic E-state index is -5.11. The summed E-state index contributed by atoms with van der Waals surface area (Å²) in [7, 11) is 0. The van der Waals surface area contributed by atoms with Crippen LogP contribution in [-0.2, 0) is 0 Å². The van der Waals surface area contributed by atoms with Gasteiger partial charge < -0.3 is 5.11 Å². The van der Waals surface area contributed by atoms with Gasteiger partial charge in [0.15, 0.2) is 0 Å². The predicted molar refractivity (Wildman–Crippen MR) is 81.8 cm³/mol. The molecule has 136 valence electrons. The normalized spacial score (nSPS) is 21.8. The molecule has 0 aliphatic carbocycles. The fourth-order valence-corrected chi connectivity index (χ4v) is 2.36. The number of alkyl halides is 3. The molecule has 0 spiro atoms. The number of benzene rings is 1. The van der Waals surface area contributed by atoms with Crippen molar-refractivity contribution < 1.29 is 28.0 Å². The quantitative estimate of drug-likeness (QED) is 0.660. The molecule has 1 aliphatic heterocycles. The summed E-state index contributed by atoms with van der Waals surface area (Å²) < 4.78 is 40.1. The largest absolute Gasteiger partial charge is 0.438 e. The van der Waals surface area contributed by atoms with Crippen LogP contribution in [0.3, 0.4) is 0 Å². The molecule has 1 aliphatic rings. The summed E-state index contributed by atoms with van der Waals surface area (Å²) in [6.45, 7) is 3.40. The van der Waals surface area contributed by atoms with Gasteiger partial charge in [0.25, 0.3) is 17.3 Å². The topological polar surface area (TPSA) is 96.0 Å². The molecule has 10 heteroatoms. The number of nitro benzene ring substituents is 1. The van der Waals surface area contributed by atoms with Gasteiger partial charge in [0.1, 0.15) is 0 Å². The van der Waals surface area contributed by atoms with Crippen LogP contribution in [0.2, 0.25) is 0 Å². The highest BCUT2D eigenvalue weighted by Gasteiger charge is 2.63. The Morgan fingerprint density at radius 3 is 2.44 bits per heavy atom. The molecule has 1 aromatic rings. The first-order valence-corrected chi connectivity index (χ1v) is 7.46. The number of nitro groups is 1. The second-order valence-electron chi connectivity index (χ2n) is 5.81. The van der Waals surface area contributed by atoms with Crippen LogP contribution < -0.4 is 0 Å². The summed E-state index contributed by atoms with van der Waals surface area (Å²) in [6, 6.07) is 4.03. The first-order valence-electron chi connectivity index (χ1n) is 7.46. The van der Waals surface area contributed by atoms with Crippen molar-refractivity contribution >= 4 is 17.3 Å². The average molecular weight is 359 g/mol. The van der Waals surface area contributed by atoms with Crippen molar-refractivity contribution in [1.29, 1.82) is 0 Å². The van der Waals surface area contributed by atoms with Crippen molar-refractivity contribution in [2.24, 2.45) is 11.0 Å². The van der Waals surface area contributed by atoms with E-state index in [1.165, 1.54) is 0 Å². The maximum atomic E-state index is 13.4. The zero-order valence-corrected chi connectivity index (χ0v) is 13.4. The van der Waals surface area contributed by atoms with Gasteiger partial charge >= 0.3 is 6.18 Å². The van der Waals surface area contributed by atoms with Gasteiger partial charge in [-0.05, 0) is 24.5 Å². The molecule has 0 radical (unpaired) electrons. The number of hydrogen-bond acceptors (Lipinski definition) is 5. The summed E-state index contributed by atoms with van der Waals surface area (Å²) in [5.74, 6) is -1.53. The van der Waals surface area contributed by atoms with Gasteiger partial charge in [0.05, 0.1) is 4.92 Å². The van der Waals surface area contributed by atoms with Crippen LogP contribution in [-0.4, -0.2) is 38.6 Å². The molecule has 2 atom stereocenters. The highest BCUT2D eigenvalue weighted by atomic mass is 19.4. The highest BCUT2D eigenvalue weighted by molar-refractivity contribution is 5.99. The molecule has 0 saturated heterocycles. The van der Waals surface area contributed by atoms with Gasteiger partial charge in [-0.15, -0.1) is 0 Å². The van der Waals surface area contributed by atoms with Crippen LogP contribution in [0, 0.1) is 16.0 Å². The number of amides is 1. The number of carbonyl (C=O) groups excluding carboxylic acids is 1. The maximum Gasteiger partial charge on any atom is 0.438 e. The number of hydrogen-bond donors (Lipinski definition) is 1. The molecule has 25 heavy (non-hydrogen) atoms. The Balaban J connectivity index is 2.42. The lowest BCUT2D eigenvalue weighted by Gasteiger charge is -2.32. The van der Waals surface area contributed by atoms with E-state index in [4.69, 9.17) is 0 Å². The lowest BCUT2D eigenvalue weighted by Crippen LogP contribution is -2.56. The van der Waals surface area contributed by atoms with Crippen molar-refractivity contribution in [3.05, 3.63) is 39.9 Å². The maximum absolute atomic E-state index is 13.4. The van der Waals surface area contributed by atoms with Gasteiger partial charge in [-0.2, -0.15) is 23.3 Å². The number of carbonyl (C=O) groups is 1. The minimum Gasteiger partial charge on any atom is -0.362 e. The van der Waals surface area contributed by atoms with Crippen molar-refractivity contribution in [3.63, 3.8) is 0 Å². The van der Waals surface area contributed by atoms with Gasteiger partial charge in [0.2, 0.25) is 0 Å². The van der Waals surface area contributed by atoms with Crippen molar-refractivity contribution in [2.75, 3.05) is 0 Å². The Kier molecular flexibility index (Phi) is 4.85. The first kappa shape index (κ1) is 18.8. The Hall–Kier alpha value is -2.49. The summed E-state index contributed by atoms with van der Waals surface area (Å²) in [5.41, 5.74) is -3.93. The second kappa shape index (κ2) is 6.43. The number of nitrogens with zero attached hydrogens (tertiary/aromatic N) is 3. The molecule has 0 saturated carbocycles. The molecule has 0 bridgehead atoms.